The standard InChI is InChI=1S/C11H13N5O/c1-7-4-3-5-9(13-7)14-11(17)10-8(12)6-16(2)15-10/h3-6H,12H2,1-2H3,(H,13,14,17). The van der Waals surface area contributed by atoms with E-state index in [1.165, 1.54) is 4.68 Å². The van der Waals surface area contributed by atoms with E-state index in [0.29, 0.717) is 11.5 Å². The van der Waals surface area contributed by atoms with Gasteiger partial charge in [0.1, 0.15) is 5.82 Å². The van der Waals surface area contributed by atoms with Gasteiger partial charge in [0.2, 0.25) is 0 Å². The van der Waals surface area contributed by atoms with E-state index in [1.807, 2.05) is 19.1 Å². The first kappa shape index (κ1) is 11.1. The fourth-order valence-corrected chi connectivity index (χ4v) is 1.47. The number of amides is 1. The summed E-state index contributed by atoms with van der Waals surface area (Å²) in [6.45, 7) is 1.85. The van der Waals surface area contributed by atoms with Crippen molar-refractivity contribution < 1.29 is 4.79 Å². The van der Waals surface area contributed by atoms with E-state index in [1.54, 1.807) is 19.3 Å². The quantitative estimate of drug-likeness (QED) is 0.806. The van der Waals surface area contributed by atoms with Gasteiger partial charge in [0.15, 0.2) is 5.69 Å². The molecule has 0 saturated heterocycles. The van der Waals surface area contributed by atoms with Gasteiger partial charge in [0.25, 0.3) is 5.91 Å². The number of hydrogen-bond acceptors (Lipinski definition) is 4. The highest BCUT2D eigenvalue weighted by atomic mass is 16.2. The third kappa shape index (κ3) is 2.41. The van der Waals surface area contributed by atoms with E-state index < -0.39 is 0 Å². The fraction of sp³-hybridized carbons (Fsp3) is 0.182. The summed E-state index contributed by atoms with van der Waals surface area (Å²) in [6, 6.07) is 5.38. The molecular weight excluding hydrogens is 218 g/mol. The number of nitrogen functional groups attached to an aromatic ring is 1. The van der Waals surface area contributed by atoms with Crippen LogP contribution < -0.4 is 11.1 Å². The molecule has 0 aliphatic heterocycles. The normalized spacial score (nSPS) is 10.2. The van der Waals surface area contributed by atoms with Gasteiger partial charge in [-0.3, -0.25) is 9.48 Å². The molecule has 2 aromatic heterocycles. The summed E-state index contributed by atoms with van der Waals surface area (Å²) in [4.78, 5) is 16.0. The summed E-state index contributed by atoms with van der Waals surface area (Å²) in [7, 11) is 1.71. The van der Waals surface area contributed by atoms with Crippen LogP contribution in [0.25, 0.3) is 0 Å². The molecule has 3 N–H and O–H groups in total. The molecule has 88 valence electrons. The van der Waals surface area contributed by atoms with Gasteiger partial charge >= 0.3 is 0 Å². The van der Waals surface area contributed by atoms with Crippen LogP contribution in [0, 0.1) is 6.92 Å². The molecule has 0 aromatic carbocycles. The maximum Gasteiger partial charge on any atom is 0.279 e. The zero-order valence-corrected chi connectivity index (χ0v) is 9.64. The zero-order chi connectivity index (χ0) is 12.4. The molecule has 0 aliphatic rings. The molecule has 0 bridgehead atoms. The van der Waals surface area contributed by atoms with E-state index in [2.05, 4.69) is 15.4 Å². The molecule has 0 radical (unpaired) electrons. The Morgan fingerprint density at radius 3 is 2.82 bits per heavy atom. The van der Waals surface area contributed by atoms with Crippen molar-refractivity contribution in [1.29, 1.82) is 0 Å². The highest BCUT2D eigenvalue weighted by Gasteiger charge is 2.14. The second kappa shape index (κ2) is 4.25. The third-order valence-corrected chi connectivity index (χ3v) is 2.20. The Bertz CT molecular complexity index is 561. The van der Waals surface area contributed by atoms with Crippen LogP contribution in [0.5, 0.6) is 0 Å². The van der Waals surface area contributed by atoms with Crippen LogP contribution in [0.1, 0.15) is 16.2 Å². The second-order valence-electron chi connectivity index (χ2n) is 3.73. The fourth-order valence-electron chi connectivity index (χ4n) is 1.47. The molecule has 2 heterocycles. The average molecular weight is 231 g/mol. The molecule has 0 saturated carbocycles. The van der Waals surface area contributed by atoms with Crippen molar-refractivity contribution in [3.63, 3.8) is 0 Å². The van der Waals surface area contributed by atoms with Crippen LogP contribution in [0.15, 0.2) is 24.4 Å². The van der Waals surface area contributed by atoms with E-state index >= 15 is 0 Å². The maximum atomic E-state index is 11.9. The number of anilines is 2. The molecule has 17 heavy (non-hydrogen) atoms. The first-order valence-corrected chi connectivity index (χ1v) is 5.10. The van der Waals surface area contributed by atoms with Crippen LogP contribution in [0.3, 0.4) is 0 Å². The van der Waals surface area contributed by atoms with Crippen molar-refractivity contribution >= 4 is 17.4 Å². The molecule has 2 aromatic rings. The Hall–Kier alpha value is -2.37. The van der Waals surface area contributed by atoms with Gasteiger partial charge in [0, 0.05) is 18.9 Å². The summed E-state index contributed by atoms with van der Waals surface area (Å²) in [5, 5.41) is 6.63. The molecule has 6 nitrogen and oxygen atoms in total. The summed E-state index contributed by atoms with van der Waals surface area (Å²) in [6.07, 6.45) is 1.58. The van der Waals surface area contributed by atoms with Crippen molar-refractivity contribution in [2.45, 2.75) is 6.92 Å². The van der Waals surface area contributed by atoms with Crippen molar-refractivity contribution in [2.24, 2.45) is 7.05 Å². The van der Waals surface area contributed by atoms with Gasteiger partial charge in [-0.05, 0) is 19.1 Å². The van der Waals surface area contributed by atoms with Gasteiger partial charge < -0.3 is 11.1 Å². The highest BCUT2D eigenvalue weighted by molar-refractivity contribution is 6.05. The van der Waals surface area contributed by atoms with Crippen LogP contribution in [-0.2, 0) is 7.05 Å². The minimum absolute atomic E-state index is 0.204. The lowest BCUT2D eigenvalue weighted by atomic mass is 10.3. The van der Waals surface area contributed by atoms with E-state index in [4.69, 9.17) is 5.73 Å². The molecule has 0 unspecified atom stereocenters. The predicted molar refractivity (Wildman–Crippen MR) is 64.5 cm³/mol. The summed E-state index contributed by atoms with van der Waals surface area (Å²) in [5.74, 6) is 0.126. The number of nitrogens with zero attached hydrogens (tertiary/aromatic N) is 3. The van der Waals surface area contributed by atoms with Gasteiger partial charge in [-0.25, -0.2) is 4.98 Å². The first-order chi connectivity index (χ1) is 8.06. The van der Waals surface area contributed by atoms with Gasteiger partial charge in [-0.15, -0.1) is 0 Å². The second-order valence-corrected chi connectivity index (χ2v) is 3.73. The van der Waals surface area contributed by atoms with Crippen molar-refractivity contribution in [2.75, 3.05) is 11.1 Å². The minimum Gasteiger partial charge on any atom is -0.396 e. The van der Waals surface area contributed by atoms with E-state index in [-0.39, 0.29) is 11.6 Å². The van der Waals surface area contributed by atoms with E-state index in [9.17, 15) is 4.79 Å². The molecule has 1 amide bonds. The van der Waals surface area contributed by atoms with E-state index in [0.717, 1.165) is 5.69 Å². The number of nitrogens with two attached hydrogens (primary N) is 1. The lowest BCUT2D eigenvalue weighted by Crippen LogP contribution is -2.15. The number of aryl methyl sites for hydroxylation is 2. The molecule has 2 rings (SSSR count). The monoisotopic (exact) mass is 231 g/mol. The number of nitrogens with one attached hydrogen (secondary N) is 1. The maximum absolute atomic E-state index is 11.9. The largest absolute Gasteiger partial charge is 0.396 e. The Morgan fingerprint density at radius 2 is 2.24 bits per heavy atom. The number of hydrogen-bond donors (Lipinski definition) is 2. The topological polar surface area (TPSA) is 85.8 Å². The van der Waals surface area contributed by atoms with Crippen molar-refractivity contribution in [3.8, 4) is 0 Å². The van der Waals surface area contributed by atoms with Crippen molar-refractivity contribution in [3.05, 3.63) is 35.8 Å². The number of carbonyl (C=O) groups excluding carboxylic acids is 1. The highest BCUT2D eigenvalue weighted by Crippen LogP contribution is 2.11. The molecule has 0 aliphatic carbocycles. The number of rotatable bonds is 2. The minimum atomic E-state index is -0.360. The third-order valence-electron chi connectivity index (χ3n) is 2.20. The Kier molecular flexibility index (Phi) is 2.78. The lowest BCUT2D eigenvalue weighted by Gasteiger charge is -2.03. The van der Waals surface area contributed by atoms with Crippen LogP contribution in [-0.4, -0.2) is 20.7 Å². The summed E-state index contributed by atoms with van der Waals surface area (Å²) < 4.78 is 1.49. The van der Waals surface area contributed by atoms with Crippen LogP contribution in [0.4, 0.5) is 11.5 Å². The Balaban J connectivity index is 2.20. The molecule has 0 atom stereocenters. The molecule has 0 fully saturated rings. The first-order valence-electron chi connectivity index (χ1n) is 5.10. The number of carbonyl (C=O) groups is 1. The van der Waals surface area contributed by atoms with Crippen LogP contribution >= 0.6 is 0 Å². The number of aromatic nitrogens is 3. The lowest BCUT2D eigenvalue weighted by molar-refractivity contribution is 0.102. The Labute approximate surface area is 98.5 Å². The van der Waals surface area contributed by atoms with Gasteiger partial charge in [-0.2, -0.15) is 5.10 Å². The summed E-state index contributed by atoms with van der Waals surface area (Å²) >= 11 is 0. The molecule has 0 spiro atoms. The predicted octanol–water partition coefficient (Wildman–Crippen LogP) is 0.958. The SMILES string of the molecule is Cc1cccc(NC(=O)c2nn(C)cc2N)n1. The van der Waals surface area contributed by atoms with Gasteiger partial charge in [0.05, 0.1) is 5.69 Å². The van der Waals surface area contributed by atoms with Gasteiger partial charge in [-0.1, -0.05) is 6.07 Å². The molecular formula is C11H13N5O. The molecule has 6 heteroatoms. The van der Waals surface area contributed by atoms with Crippen LogP contribution in [0.2, 0.25) is 0 Å². The Morgan fingerprint density at radius 1 is 1.47 bits per heavy atom. The number of pyridine rings is 1. The zero-order valence-electron chi connectivity index (χ0n) is 9.64. The smallest absolute Gasteiger partial charge is 0.279 e. The van der Waals surface area contributed by atoms with Crippen molar-refractivity contribution in [1.82, 2.24) is 14.8 Å². The summed E-state index contributed by atoms with van der Waals surface area (Å²) in [5.41, 5.74) is 7.04. The average Bonchev–Trinajstić information content (AvgIpc) is 2.58.